The molecule has 2 rings (SSSR count). The molecule has 1 saturated carbocycles. The average molecular weight is 301 g/mol. The van der Waals surface area contributed by atoms with Crippen molar-refractivity contribution in [2.45, 2.75) is 44.6 Å². The van der Waals surface area contributed by atoms with E-state index in [0.29, 0.717) is 10.4 Å². The minimum atomic E-state index is -0.454. The van der Waals surface area contributed by atoms with E-state index in [1.54, 1.807) is 12.1 Å². The highest BCUT2D eigenvalue weighted by molar-refractivity contribution is 9.10. The summed E-state index contributed by atoms with van der Waals surface area (Å²) < 4.78 is 13.6. The van der Waals surface area contributed by atoms with Crippen molar-refractivity contribution in [3.05, 3.63) is 34.1 Å². The molecule has 0 unspecified atom stereocenters. The Labute approximate surface area is 110 Å². The van der Waals surface area contributed by atoms with Crippen LogP contribution in [0.2, 0.25) is 0 Å². The fourth-order valence-corrected chi connectivity index (χ4v) is 2.99. The van der Waals surface area contributed by atoms with Gasteiger partial charge in [-0.15, -0.1) is 0 Å². The van der Waals surface area contributed by atoms with Gasteiger partial charge >= 0.3 is 0 Å². The normalized spacial score (nSPS) is 19.9. The van der Waals surface area contributed by atoms with Crippen molar-refractivity contribution in [2.75, 3.05) is 0 Å². The van der Waals surface area contributed by atoms with E-state index < -0.39 is 6.10 Å². The molecule has 0 spiro atoms. The Bertz CT molecular complexity index is 372. The molecule has 1 fully saturated rings. The van der Waals surface area contributed by atoms with Gasteiger partial charge in [-0.2, -0.15) is 0 Å². The quantitative estimate of drug-likeness (QED) is 0.792. The third-order valence-electron chi connectivity index (χ3n) is 3.63. The van der Waals surface area contributed by atoms with Crippen molar-refractivity contribution in [1.82, 2.24) is 0 Å². The summed E-state index contributed by atoms with van der Waals surface area (Å²) >= 11 is 3.17. The van der Waals surface area contributed by atoms with E-state index in [4.69, 9.17) is 0 Å². The van der Waals surface area contributed by atoms with Crippen LogP contribution >= 0.6 is 15.9 Å². The van der Waals surface area contributed by atoms with Crippen LogP contribution in [-0.2, 0) is 0 Å². The summed E-state index contributed by atoms with van der Waals surface area (Å²) in [7, 11) is 0. The number of aliphatic hydroxyl groups is 1. The van der Waals surface area contributed by atoms with Gasteiger partial charge in [0, 0.05) is 0 Å². The van der Waals surface area contributed by atoms with Crippen molar-refractivity contribution in [3.8, 4) is 0 Å². The van der Waals surface area contributed by atoms with E-state index in [1.807, 2.05) is 0 Å². The molecule has 1 aliphatic carbocycles. The van der Waals surface area contributed by atoms with Crippen molar-refractivity contribution in [1.29, 1.82) is 0 Å². The topological polar surface area (TPSA) is 20.2 Å². The maximum atomic E-state index is 13.1. The lowest BCUT2D eigenvalue weighted by Gasteiger charge is -2.21. The molecule has 0 radical (unpaired) electrons. The van der Waals surface area contributed by atoms with Gasteiger partial charge in [0.15, 0.2) is 0 Å². The first-order chi connectivity index (χ1) is 8.18. The van der Waals surface area contributed by atoms with Crippen molar-refractivity contribution < 1.29 is 9.50 Å². The van der Waals surface area contributed by atoms with Crippen LogP contribution in [0.5, 0.6) is 0 Å². The zero-order chi connectivity index (χ0) is 12.3. The summed E-state index contributed by atoms with van der Waals surface area (Å²) in [4.78, 5) is 0. The number of benzene rings is 1. The summed E-state index contributed by atoms with van der Waals surface area (Å²) in [6, 6.07) is 4.81. The summed E-state index contributed by atoms with van der Waals surface area (Å²) in [5.41, 5.74) is 0.824. The Balaban J connectivity index is 2.11. The molecule has 0 amide bonds. The average Bonchev–Trinajstić information content (AvgIpc) is 2.60. The number of hydrogen-bond acceptors (Lipinski definition) is 1. The monoisotopic (exact) mass is 300 g/mol. The minimum absolute atomic E-state index is 0.276. The maximum absolute atomic E-state index is 13.1. The molecule has 0 bridgehead atoms. The van der Waals surface area contributed by atoms with E-state index in [0.717, 1.165) is 18.4 Å². The molecule has 1 aromatic carbocycles. The molecule has 1 aliphatic rings. The van der Waals surface area contributed by atoms with Gasteiger partial charge in [-0.05, 0) is 52.4 Å². The first-order valence-electron chi connectivity index (χ1n) is 6.31. The van der Waals surface area contributed by atoms with Crippen molar-refractivity contribution in [2.24, 2.45) is 5.92 Å². The molecule has 1 aromatic rings. The van der Waals surface area contributed by atoms with E-state index in [2.05, 4.69) is 15.9 Å². The summed E-state index contributed by atoms with van der Waals surface area (Å²) in [5, 5.41) is 10.3. The molecule has 0 aromatic heterocycles. The second-order valence-corrected chi connectivity index (χ2v) is 5.72. The molecule has 0 aliphatic heterocycles. The molecule has 0 heterocycles. The van der Waals surface area contributed by atoms with Gasteiger partial charge in [0.25, 0.3) is 0 Å². The van der Waals surface area contributed by atoms with Gasteiger partial charge in [-0.25, -0.2) is 4.39 Å². The second-order valence-electron chi connectivity index (χ2n) is 4.87. The van der Waals surface area contributed by atoms with E-state index >= 15 is 0 Å². The number of aliphatic hydroxyl groups excluding tert-OH is 1. The zero-order valence-corrected chi connectivity index (χ0v) is 11.4. The van der Waals surface area contributed by atoms with Crippen molar-refractivity contribution in [3.63, 3.8) is 0 Å². The lowest BCUT2D eigenvalue weighted by atomic mass is 9.89. The Morgan fingerprint density at radius 2 is 1.82 bits per heavy atom. The SMILES string of the molecule is O[C@H](c1ccc(F)c(Br)c1)C1CCCCCC1. The second kappa shape index (κ2) is 5.96. The summed E-state index contributed by atoms with van der Waals surface area (Å²) in [6.07, 6.45) is 6.65. The molecular formula is C14H18BrFO. The smallest absolute Gasteiger partial charge is 0.137 e. The standard InChI is InChI=1S/C14H18BrFO/c15-12-9-11(7-8-13(12)16)14(17)10-5-3-1-2-4-6-10/h7-10,14,17H,1-6H2/t14-/m0/s1. The molecule has 17 heavy (non-hydrogen) atoms. The predicted molar refractivity (Wildman–Crippen MR) is 70.3 cm³/mol. The van der Waals surface area contributed by atoms with Crippen LogP contribution in [-0.4, -0.2) is 5.11 Å². The maximum Gasteiger partial charge on any atom is 0.137 e. The first-order valence-corrected chi connectivity index (χ1v) is 7.11. The Morgan fingerprint density at radius 3 is 2.41 bits per heavy atom. The van der Waals surface area contributed by atoms with Gasteiger partial charge in [0.2, 0.25) is 0 Å². The van der Waals surface area contributed by atoms with Gasteiger partial charge in [-0.1, -0.05) is 31.7 Å². The summed E-state index contributed by atoms with van der Waals surface area (Å²) in [5.74, 6) is 0.0525. The number of hydrogen-bond donors (Lipinski definition) is 1. The van der Waals surface area contributed by atoms with Crippen LogP contribution < -0.4 is 0 Å². The highest BCUT2D eigenvalue weighted by Gasteiger charge is 2.22. The van der Waals surface area contributed by atoms with Gasteiger partial charge in [0.05, 0.1) is 10.6 Å². The highest BCUT2D eigenvalue weighted by atomic mass is 79.9. The van der Waals surface area contributed by atoms with Crippen LogP contribution in [0.25, 0.3) is 0 Å². The highest BCUT2D eigenvalue weighted by Crippen LogP contribution is 2.34. The van der Waals surface area contributed by atoms with Gasteiger partial charge in [-0.3, -0.25) is 0 Å². The molecule has 1 N–H and O–H groups in total. The molecule has 94 valence electrons. The van der Waals surface area contributed by atoms with Crippen molar-refractivity contribution >= 4 is 15.9 Å². The number of rotatable bonds is 2. The first kappa shape index (κ1) is 13.0. The third kappa shape index (κ3) is 3.29. The van der Waals surface area contributed by atoms with E-state index in [-0.39, 0.29) is 5.82 Å². The van der Waals surface area contributed by atoms with Crippen LogP contribution in [0.15, 0.2) is 22.7 Å². The van der Waals surface area contributed by atoms with Crippen LogP contribution in [0.4, 0.5) is 4.39 Å². The lowest BCUT2D eigenvalue weighted by Crippen LogP contribution is -2.12. The molecule has 3 heteroatoms. The molecule has 1 atom stereocenters. The fraction of sp³-hybridized carbons (Fsp3) is 0.571. The number of halogens is 2. The van der Waals surface area contributed by atoms with E-state index in [9.17, 15) is 9.50 Å². The lowest BCUT2D eigenvalue weighted by molar-refractivity contribution is 0.0987. The van der Waals surface area contributed by atoms with Gasteiger partial charge in [0.1, 0.15) is 5.82 Å². The summed E-state index contributed by atoms with van der Waals surface area (Å²) in [6.45, 7) is 0. The van der Waals surface area contributed by atoms with Gasteiger partial charge < -0.3 is 5.11 Å². The fourth-order valence-electron chi connectivity index (χ4n) is 2.60. The zero-order valence-electron chi connectivity index (χ0n) is 9.83. The minimum Gasteiger partial charge on any atom is -0.388 e. The Hall–Kier alpha value is -0.410. The Morgan fingerprint density at radius 1 is 1.18 bits per heavy atom. The Kier molecular flexibility index (Phi) is 4.57. The molecule has 1 nitrogen and oxygen atoms in total. The van der Waals surface area contributed by atoms with Crippen LogP contribution in [0.1, 0.15) is 50.2 Å². The largest absolute Gasteiger partial charge is 0.388 e. The third-order valence-corrected chi connectivity index (χ3v) is 4.24. The molecule has 0 saturated heterocycles. The molecular weight excluding hydrogens is 283 g/mol. The van der Waals surface area contributed by atoms with E-state index in [1.165, 1.54) is 31.7 Å². The predicted octanol–water partition coefficient (Wildman–Crippen LogP) is 4.59. The van der Waals surface area contributed by atoms with Crippen LogP contribution in [0.3, 0.4) is 0 Å². The van der Waals surface area contributed by atoms with Crippen LogP contribution in [0, 0.1) is 11.7 Å².